The van der Waals surface area contributed by atoms with Gasteiger partial charge in [-0.15, -0.1) is 0 Å². The summed E-state index contributed by atoms with van der Waals surface area (Å²) in [6.07, 6.45) is 0.154. The molecule has 0 aliphatic carbocycles. The topological polar surface area (TPSA) is 118 Å². The van der Waals surface area contributed by atoms with E-state index in [1.807, 2.05) is 61.5 Å². The first-order valence-electron chi connectivity index (χ1n) is 9.67. The predicted molar refractivity (Wildman–Crippen MR) is 116 cm³/mol. The van der Waals surface area contributed by atoms with Gasteiger partial charge in [-0.05, 0) is 43.7 Å². The lowest BCUT2D eigenvalue weighted by atomic mass is 10.2. The first kappa shape index (κ1) is 20.0. The Balaban J connectivity index is 1.41. The van der Waals surface area contributed by atoms with Crippen molar-refractivity contribution in [3.05, 3.63) is 77.7 Å². The zero-order chi connectivity index (χ0) is 21.6. The van der Waals surface area contributed by atoms with Gasteiger partial charge >= 0.3 is 6.01 Å². The highest BCUT2D eigenvalue weighted by Crippen LogP contribution is 2.21. The highest BCUT2D eigenvalue weighted by atomic mass is 16.5. The van der Waals surface area contributed by atoms with E-state index in [1.54, 1.807) is 13.0 Å². The van der Waals surface area contributed by atoms with Crippen molar-refractivity contribution in [3.63, 3.8) is 0 Å². The van der Waals surface area contributed by atoms with Crippen LogP contribution in [0.15, 0.2) is 60.7 Å². The summed E-state index contributed by atoms with van der Waals surface area (Å²) in [5.41, 5.74) is 2.46. The van der Waals surface area contributed by atoms with E-state index in [9.17, 15) is 4.79 Å². The average Bonchev–Trinajstić information content (AvgIpc) is 3.14. The third-order valence-electron chi connectivity index (χ3n) is 4.20. The monoisotopic (exact) mass is 415 g/mol. The molecule has 156 valence electrons. The molecule has 1 amide bonds. The number of hydrogen-bond acceptors (Lipinski definition) is 7. The molecule has 0 unspecified atom stereocenters. The van der Waals surface area contributed by atoms with E-state index in [0.29, 0.717) is 29.0 Å². The highest BCUT2D eigenvalue weighted by Gasteiger charge is 2.11. The molecule has 9 nitrogen and oxygen atoms in total. The number of aromatic nitrogens is 5. The van der Waals surface area contributed by atoms with Gasteiger partial charge in [-0.25, -0.2) is 0 Å². The van der Waals surface area contributed by atoms with Gasteiger partial charge in [0, 0.05) is 17.4 Å². The average molecular weight is 415 g/mol. The van der Waals surface area contributed by atoms with Crippen LogP contribution in [-0.4, -0.2) is 31.1 Å². The lowest BCUT2D eigenvalue weighted by Gasteiger charge is -2.07. The zero-order valence-corrected chi connectivity index (χ0v) is 17.1. The van der Waals surface area contributed by atoms with Gasteiger partial charge in [0.15, 0.2) is 5.82 Å². The number of carbonyl (C=O) groups excluding carboxylic acids is 1. The molecule has 0 atom stereocenters. The number of hydrogen-bond donors (Lipinski definition) is 3. The van der Waals surface area contributed by atoms with Crippen molar-refractivity contribution in [2.24, 2.45) is 0 Å². The molecular formula is C22H21N7O2. The molecule has 0 aliphatic heterocycles. The van der Waals surface area contributed by atoms with Crippen LogP contribution in [0.1, 0.15) is 17.1 Å². The van der Waals surface area contributed by atoms with E-state index in [4.69, 9.17) is 4.74 Å². The standard InChI is InChI=1S/C22H21N7O2/c1-14-7-6-10-18(11-14)31-22-24-15(2)23-21(27-22)26-19-12-17(28-29-19)13-20(30)25-16-8-4-3-5-9-16/h3-12H,13H2,1-2H3,(H,25,30)(H2,23,24,26,27,28,29). The summed E-state index contributed by atoms with van der Waals surface area (Å²) in [6, 6.07) is 18.8. The second-order valence-electron chi connectivity index (χ2n) is 6.90. The van der Waals surface area contributed by atoms with Crippen LogP contribution in [0.3, 0.4) is 0 Å². The number of aryl methyl sites for hydroxylation is 2. The second kappa shape index (κ2) is 9.04. The molecule has 0 saturated carbocycles. The van der Waals surface area contributed by atoms with E-state index in [2.05, 4.69) is 35.8 Å². The number of amides is 1. The van der Waals surface area contributed by atoms with Crippen molar-refractivity contribution in [2.45, 2.75) is 20.3 Å². The highest BCUT2D eigenvalue weighted by molar-refractivity contribution is 5.92. The summed E-state index contributed by atoms with van der Waals surface area (Å²) < 4.78 is 5.75. The summed E-state index contributed by atoms with van der Waals surface area (Å²) in [6.45, 7) is 3.73. The fourth-order valence-corrected chi connectivity index (χ4v) is 2.87. The minimum Gasteiger partial charge on any atom is -0.424 e. The van der Waals surface area contributed by atoms with E-state index >= 15 is 0 Å². The fraction of sp³-hybridized carbons (Fsp3) is 0.136. The van der Waals surface area contributed by atoms with Gasteiger partial charge in [0.2, 0.25) is 11.9 Å². The number of anilines is 3. The van der Waals surface area contributed by atoms with Crippen LogP contribution in [0.4, 0.5) is 17.5 Å². The zero-order valence-electron chi connectivity index (χ0n) is 17.1. The molecule has 0 fully saturated rings. The Morgan fingerprint density at radius 3 is 2.65 bits per heavy atom. The Hall–Kier alpha value is -4.27. The number of nitrogens with one attached hydrogen (secondary N) is 3. The van der Waals surface area contributed by atoms with E-state index < -0.39 is 0 Å². The molecule has 2 heterocycles. The van der Waals surface area contributed by atoms with Crippen molar-refractivity contribution in [3.8, 4) is 11.8 Å². The number of H-pyrrole nitrogens is 1. The molecule has 2 aromatic heterocycles. The number of para-hydroxylation sites is 1. The Morgan fingerprint density at radius 1 is 1.00 bits per heavy atom. The molecule has 0 spiro atoms. The van der Waals surface area contributed by atoms with E-state index in [0.717, 1.165) is 11.3 Å². The van der Waals surface area contributed by atoms with Gasteiger partial charge < -0.3 is 15.4 Å². The first-order valence-corrected chi connectivity index (χ1v) is 9.67. The number of benzene rings is 2. The molecule has 0 saturated heterocycles. The summed E-state index contributed by atoms with van der Waals surface area (Å²) in [5.74, 6) is 1.77. The molecule has 9 heteroatoms. The normalized spacial score (nSPS) is 10.5. The lowest BCUT2D eigenvalue weighted by molar-refractivity contribution is -0.115. The third-order valence-corrected chi connectivity index (χ3v) is 4.20. The Morgan fingerprint density at radius 2 is 1.84 bits per heavy atom. The Labute approximate surface area is 178 Å². The van der Waals surface area contributed by atoms with E-state index in [1.165, 1.54) is 0 Å². The van der Waals surface area contributed by atoms with Gasteiger partial charge in [-0.1, -0.05) is 30.3 Å². The summed E-state index contributed by atoms with van der Waals surface area (Å²) in [4.78, 5) is 25.0. The Kier molecular flexibility index (Phi) is 5.84. The summed E-state index contributed by atoms with van der Waals surface area (Å²) >= 11 is 0. The van der Waals surface area contributed by atoms with Crippen molar-refractivity contribution >= 4 is 23.4 Å². The van der Waals surface area contributed by atoms with E-state index in [-0.39, 0.29) is 18.3 Å². The van der Waals surface area contributed by atoms with Gasteiger partial charge in [-0.3, -0.25) is 9.89 Å². The Bertz CT molecular complexity index is 1190. The van der Waals surface area contributed by atoms with Gasteiger partial charge in [0.1, 0.15) is 11.6 Å². The fourth-order valence-electron chi connectivity index (χ4n) is 2.87. The van der Waals surface area contributed by atoms with Crippen LogP contribution in [0.25, 0.3) is 0 Å². The molecule has 31 heavy (non-hydrogen) atoms. The van der Waals surface area contributed by atoms with Gasteiger partial charge in [0.05, 0.1) is 6.42 Å². The maximum Gasteiger partial charge on any atom is 0.327 e. The molecule has 4 aromatic rings. The number of aromatic amines is 1. The quantitative estimate of drug-likeness (QED) is 0.418. The van der Waals surface area contributed by atoms with Crippen molar-refractivity contribution in [2.75, 3.05) is 10.6 Å². The molecule has 0 bridgehead atoms. The van der Waals surface area contributed by atoms with Gasteiger partial charge in [-0.2, -0.15) is 20.1 Å². The van der Waals surface area contributed by atoms with Crippen LogP contribution in [0, 0.1) is 13.8 Å². The van der Waals surface area contributed by atoms with Crippen molar-refractivity contribution < 1.29 is 9.53 Å². The van der Waals surface area contributed by atoms with Crippen LogP contribution in [0.5, 0.6) is 11.8 Å². The number of carbonyl (C=O) groups is 1. The molecule has 0 aliphatic rings. The van der Waals surface area contributed by atoms with Crippen LogP contribution in [0.2, 0.25) is 0 Å². The number of nitrogens with zero attached hydrogens (tertiary/aromatic N) is 4. The largest absolute Gasteiger partial charge is 0.424 e. The van der Waals surface area contributed by atoms with Crippen molar-refractivity contribution in [1.29, 1.82) is 0 Å². The molecule has 2 aromatic carbocycles. The third kappa shape index (κ3) is 5.63. The maximum absolute atomic E-state index is 12.2. The number of ether oxygens (including phenoxy) is 1. The molecule has 4 rings (SSSR count). The summed E-state index contributed by atoms with van der Waals surface area (Å²) in [5, 5.41) is 12.9. The molecular weight excluding hydrogens is 394 g/mol. The second-order valence-corrected chi connectivity index (χ2v) is 6.90. The van der Waals surface area contributed by atoms with Crippen LogP contribution >= 0.6 is 0 Å². The minimum atomic E-state index is -0.147. The van der Waals surface area contributed by atoms with Gasteiger partial charge in [0.25, 0.3) is 0 Å². The smallest absolute Gasteiger partial charge is 0.327 e. The summed E-state index contributed by atoms with van der Waals surface area (Å²) in [7, 11) is 0. The number of rotatable bonds is 7. The maximum atomic E-state index is 12.2. The SMILES string of the molecule is Cc1cccc(Oc2nc(C)nc(Nc3cc(CC(=O)Nc4ccccc4)[nH]n3)n2)c1. The van der Waals surface area contributed by atoms with Crippen LogP contribution in [-0.2, 0) is 11.2 Å². The first-order chi connectivity index (χ1) is 15.0. The molecule has 0 radical (unpaired) electrons. The van der Waals surface area contributed by atoms with Crippen LogP contribution < -0.4 is 15.4 Å². The predicted octanol–water partition coefficient (Wildman–Crippen LogP) is 3.93. The minimum absolute atomic E-state index is 0.147. The van der Waals surface area contributed by atoms with Crippen molar-refractivity contribution in [1.82, 2.24) is 25.1 Å². The lowest BCUT2D eigenvalue weighted by Crippen LogP contribution is -2.14. The molecule has 3 N–H and O–H groups in total.